The van der Waals surface area contributed by atoms with Gasteiger partial charge in [0, 0.05) is 5.54 Å². The fourth-order valence-electron chi connectivity index (χ4n) is 2.26. The Hall–Kier alpha value is -0.300. The van der Waals surface area contributed by atoms with Crippen LogP contribution < -0.4 is 5.73 Å². The van der Waals surface area contributed by atoms with Gasteiger partial charge < -0.3 is 5.73 Å². The zero-order chi connectivity index (χ0) is 9.90. The molecule has 0 aliphatic heterocycles. The molecule has 2 unspecified atom stereocenters. The maximum atomic E-state index is 6.40. The van der Waals surface area contributed by atoms with Gasteiger partial charge in [-0.3, -0.25) is 0 Å². The molecule has 1 nitrogen and oxygen atoms in total. The van der Waals surface area contributed by atoms with Crippen LogP contribution in [0.2, 0.25) is 0 Å². The van der Waals surface area contributed by atoms with Crippen LogP contribution in [0, 0.1) is 11.8 Å². The molecule has 0 bridgehead atoms. The van der Waals surface area contributed by atoms with Gasteiger partial charge in [0.15, 0.2) is 0 Å². The summed E-state index contributed by atoms with van der Waals surface area (Å²) >= 11 is 0. The summed E-state index contributed by atoms with van der Waals surface area (Å²) < 4.78 is 0. The van der Waals surface area contributed by atoms with Crippen LogP contribution in [-0.2, 0) is 0 Å². The summed E-state index contributed by atoms with van der Waals surface area (Å²) in [5.74, 6) is 1.42. The van der Waals surface area contributed by atoms with Gasteiger partial charge in [0.05, 0.1) is 0 Å². The minimum absolute atomic E-state index is 0.0824. The lowest BCUT2D eigenvalue weighted by molar-refractivity contribution is 0.232. The molecule has 2 atom stereocenters. The highest BCUT2D eigenvalue weighted by Gasteiger charge is 2.31. The average Bonchev–Trinajstić information content (AvgIpc) is 2.04. The van der Waals surface area contributed by atoms with Crippen molar-refractivity contribution in [1.29, 1.82) is 0 Å². The van der Waals surface area contributed by atoms with E-state index in [4.69, 9.17) is 5.73 Å². The Morgan fingerprint density at radius 1 is 1.31 bits per heavy atom. The summed E-state index contributed by atoms with van der Waals surface area (Å²) in [5, 5.41) is 0. The summed E-state index contributed by atoms with van der Waals surface area (Å²) in [6.45, 7) is 6.86. The first-order valence-electron chi connectivity index (χ1n) is 5.48. The number of allylic oxidation sites excluding steroid dienone is 1. The van der Waals surface area contributed by atoms with E-state index >= 15 is 0 Å². The van der Waals surface area contributed by atoms with Crippen molar-refractivity contribution in [2.45, 2.75) is 52.0 Å². The maximum Gasteiger partial charge on any atom is 0.0218 e. The van der Waals surface area contributed by atoms with Gasteiger partial charge in [0.2, 0.25) is 0 Å². The standard InChI is InChI=1S/C12H23N/c1-10(2)9-11(3)12(13)7-5-4-6-8-12/h4-5,10-11H,6-9,13H2,1-3H3. The number of hydrogen-bond acceptors (Lipinski definition) is 1. The van der Waals surface area contributed by atoms with Crippen LogP contribution in [0.4, 0.5) is 0 Å². The molecule has 2 N–H and O–H groups in total. The van der Waals surface area contributed by atoms with Gasteiger partial charge in [-0.2, -0.15) is 0 Å². The van der Waals surface area contributed by atoms with Gasteiger partial charge in [0.25, 0.3) is 0 Å². The lowest BCUT2D eigenvalue weighted by atomic mass is 9.74. The van der Waals surface area contributed by atoms with Crippen molar-refractivity contribution in [3.05, 3.63) is 12.2 Å². The number of rotatable bonds is 3. The third-order valence-electron chi connectivity index (χ3n) is 3.25. The minimum Gasteiger partial charge on any atom is -0.325 e. The van der Waals surface area contributed by atoms with Crippen LogP contribution in [0.25, 0.3) is 0 Å². The lowest BCUT2D eigenvalue weighted by Gasteiger charge is -2.37. The molecule has 0 aromatic rings. The van der Waals surface area contributed by atoms with Crippen molar-refractivity contribution in [2.24, 2.45) is 17.6 Å². The van der Waals surface area contributed by atoms with Crippen LogP contribution in [0.15, 0.2) is 12.2 Å². The van der Waals surface area contributed by atoms with E-state index in [1.54, 1.807) is 0 Å². The molecule has 0 fully saturated rings. The zero-order valence-electron chi connectivity index (χ0n) is 9.22. The number of nitrogens with two attached hydrogens (primary N) is 1. The van der Waals surface area contributed by atoms with E-state index in [1.165, 1.54) is 12.8 Å². The molecular formula is C12H23N. The Labute approximate surface area is 82.4 Å². The van der Waals surface area contributed by atoms with Gasteiger partial charge in [0.1, 0.15) is 0 Å². The molecule has 0 amide bonds. The lowest BCUT2D eigenvalue weighted by Crippen LogP contribution is -2.47. The molecule has 0 saturated carbocycles. The van der Waals surface area contributed by atoms with Crippen LogP contribution in [0.5, 0.6) is 0 Å². The second kappa shape index (κ2) is 4.28. The molecule has 1 aliphatic rings. The second-order valence-corrected chi connectivity index (χ2v) is 4.98. The summed E-state index contributed by atoms with van der Waals surface area (Å²) in [7, 11) is 0. The maximum absolute atomic E-state index is 6.40. The first-order chi connectivity index (χ1) is 6.04. The molecule has 0 spiro atoms. The molecule has 0 radical (unpaired) electrons. The zero-order valence-corrected chi connectivity index (χ0v) is 9.22. The smallest absolute Gasteiger partial charge is 0.0218 e. The molecule has 0 heterocycles. The monoisotopic (exact) mass is 181 g/mol. The predicted molar refractivity (Wildman–Crippen MR) is 58.5 cm³/mol. The SMILES string of the molecule is CC(C)CC(C)C1(N)CC=CCC1. The third-order valence-corrected chi connectivity index (χ3v) is 3.25. The largest absolute Gasteiger partial charge is 0.325 e. The quantitative estimate of drug-likeness (QED) is 0.665. The van der Waals surface area contributed by atoms with E-state index < -0.39 is 0 Å². The Bertz CT molecular complexity index is 184. The van der Waals surface area contributed by atoms with Gasteiger partial charge in [-0.1, -0.05) is 32.9 Å². The van der Waals surface area contributed by atoms with Gasteiger partial charge in [-0.05, 0) is 37.5 Å². The topological polar surface area (TPSA) is 26.0 Å². The highest BCUT2D eigenvalue weighted by molar-refractivity contribution is 5.03. The Morgan fingerprint density at radius 2 is 2.00 bits per heavy atom. The van der Waals surface area contributed by atoms with E-state index in [2.05, 4.69) is 32.9 Å². The first kappa shape index (κ1) is 10.8. The third kappa shape index (κ3) is 2.84. The van der Waals surface area contributed by atoms with E-state index in [-0.39, 0.29) is 5.54 Å². The fourth-order valence-corrected chi connectivity index (χ4v) is 2.26. The molecule has 1 aliphatic carbocycles. The van der Waals surface area contributed by atoms with E-state index in [9.17, 15) is 0 Å². The van der Waals surface area contributed by atoms with Gasteiger partial charge >= 0.3 is 0 Å². The van der Waals surface area contributed by atoms with Crippen LogP contribution in [0.3, 0.4) is 0 Å². The van der Waals surface area contributed by atoms with Crippen molar-refractivity contribution >= 4 is 0 Å². The molecule has 0 aromatic heterocycles. The molecule has 13 heavy (non-hydrogen) atoms. The van der Waals surface area contributed by atoms with Crippen molar-refractivity contribution in [2.75, 3.05) is 0 Å². The van der Waals surface area contributed by atoms with Crippen molar-refractivity contribution in [3.8, 4) is 0 Å². The van der Waals surface area contributed by atoms with E-state index in [0.29, 0.717) is 5.92 Å². The van der Waals surface area contributed by atoms with Crippen molar-refractivity contribution in [3.63, 3.8) is 0 Å². The van der Waals surface area contributed by atoms with Crippen LogP contribution >= 0.6 is 0 Å². The minimum atomic E-state index is 0.0824. The normalized spacial score (nSPS) is 30.8. The highest BCUT2D eigenvalue weighted by Crippen LogP contribution is 2.32. The Balaban J connectivity index is 2.52. The first-order valence-corrected chi connectivity index (χ1v) is 5.48. The second-order valence-electron chi connectivity index (χ2n) is 4.98. The van der Waals surface area contributed by atoms with Crippen molar-refractivity contribution < 1.29 is 0 Å². The molecule has 1 rings (SSSR count). The summed E-state index contributed by atoms with van der Waals surface area (Å²) in [5.41, 5.74) is 6.48. The Morgan fingerprint density at radius 3 is 2.46 bits per heavy atom. The van der Waals surface area contributed by atoms with Crippen molar-refractivity contribution in [1.82, 2.24) is 0 Å². The summed E-state index contributed by atoms with van der Waals surface area (Å²) in [6.07, 6.45) is 9.16. The molecule has 76 valence electrons. The highest BCUT2D eigenvalue weighted by atomic mass is 14.8. The Kier molecular flexibility index (Phi) is 3.55. The predicted octanol–water partition coefficient (Wildman–Crippen LogP) is 3.11. The molecule has 1 heteroatoms. The molecule has 0 saturated heterocycles. The average molecular weight is 181 g/mol. The van der Waals surface area contributed by atoms with Gasteiger partial charge in [-0.15, -0.1) is 0 Å². The fraction of sp³-hybridized carbons (Fsp3) is 0.833. The van der Waals surface area contributed by atoms with E-state index in [1.807, 2.05) is 0 Å². The summed E-state index contributed by atoms with van der Waals surface area (Å²) in [4.78, 5) is 0. The van der Waals surface area contributed by atoms with Crippen LogP contribution in [0.1, 0.15) is 46.5 Å². The summed E-state index contributed by atoms with van der Waals surface area (Å²) in [6, 6.07) is 0. The molecular weight excluding hydrogens is 158 g/mol. The molecule has 0 aromatic carbocycles. The van der Waals surface area contributed by atoms with Crippen LogP contribution in [-0.4, -0.2) is 5.54 Å². The number of hydrogen-bond donors (Lipinski definition) is 1. The van der Waals surface area contributed by atoms with E-state index in [0.717, 1.165) is 18.8 Å². The van der Waals surface area contributed by atoms with Gasteiger partial charge in [-0.25, -0.2) is 0 Å².